The van der Waals surface area contributed by atoms with Gasteiger partial charge in [0.15, 0.2) is 5.82 Å². The molecule has 114 valence electrons. The van der Waals surface area contributed by atoms with Gasteiger partial charge in [0, 0.05) is 24.1 Å². The average Bonchev–Trinajstić information content (AvgIpc) is 2.86. The van der Waals surface area contributed by atoms with Crippen LogP contribution in [-0.4, -0.2) is 23.1 Å². The third kappa shape index (κ3) is 3.45. The Hall–Kier alpha value is -1.38. The van der Waals surface area contributed by atoms with Crippen molar-refractivity contribution in [3.05, 3.63) is 40.8 Å². The summed E-state index contributed by atoms with van der Waals surface area (Å²) in [5.74, 6) is 0.223. The molecule has 0 aromatic carbocycles. The monoisotopic (exact) mass is 373 g/mol. The molecule has 0 saturated carbocycles. The first-order valence-corrected chi connectivity index (χ1v) is 8.57. The van der Waals surface area contributed by atoms with Gasteiger partial charge in [-0.2, -0.15) is 0 Å². The van der Waals surface area contributed by atoms with Crippen LogP contribution in [0.5, 0.6) is 0 Å². The fourth-order valence-corrected chi connectivity index (χ4v) is 3.46. The summed E-state index contributed by atoms with van der Waals surface area (Å²) in [6.07, 6.45) is 3.01. The van der Waals surface area contributed by atoms with E-state index in [1.54, 1.807) is 16.7 Å². The molecular formula is C13H16BrN3O3S. The van der Waals surface area contributed by atoms with Gasteiger partial charge in [-0.25, -0.2) is 13.4 Å². The van der Waals surface area contributed by atoms with E-state index in [9.17, 15) is 13.5 Å². The number of hydrogen-bond donors (Lipinski definition) is 2. The quantitative estimate of drug-likeness (QED) is 0.843. The van der Waals surface area contributed by atoms with E-state index in [0.717, 1.165) is 0 Å². The number of pyridine rings is 1. The minimum absolute atomic E-state index is 0.0534. The molecule has 2 aromatic heterocycles. The molecule has 0 amide bonds. The molecule has 6 nitrogen and oxygen atoms in total. The number of aliphatic hydroxyl groups excluding tert-OH is 1. The molecule has 0 bridgehead atoms. The number of aliphatic hydroxyl groups is 1. The van der Waals surface area contributed by atoms with Gasteiger partial charge in [0.2, 0.25) is 0 Å². The minimum Gasteiger partial charge on any atom is -0.390 e. The van der Waals surface area contributed by atoms with Gasteiger partial charge in [-0.15, -0.1) is 0 Å². The summed E-state index contributed by atoms with van der Waals surface area (Å²) in [4.78, 5) is 4.08. The van der Waals surface area contributed by atoms with Crippen LogP contribution < -0.4 is 4.72 Å². The van der Waals surface area contributed by atoms with Crippen molar-refractivity contribution < 1.29 is 13.5 Å². The van der Waals surface area contributed by atoms with Gasteiger partial charge in [0.1, 0.15) is 4.90 Å². The highest BCUT2D eigenvalue weighted by molar-refractivity contribution is 9.10. The number of nitrogens with one attached hydrogen (secondary N) is 1. The predicted octanol–water partition coefficient (Wildman–Crippen LogP) is 2.52. The van der Waals surface area contributed by atoms with Crippen LogP contribution in [0.25, 0.3) is 0 Å². The Labute approximate surface area is 132 Å². The molecular weight excluding hydrogens is 358 g/mol. The van der Waals surface area contributed by atoms with Gasteiger partial charge in [-0.3, -0.25) is 4.72 Å². The van der Waals surface area contributed by atoms with Crippen molar-refractivity contribution in [2.24, 2.45) is 0 Å². The largest absolute Gasteiger partial charge is 0.390 e. The molecule has 2 aromatic rings. The van der Waals surface area contributed by atoms with Crippen molar-refractivity contribution in [3.8, 4) is 0 Å². The fourth-order valence-electron chi connectivity index (χ4n) is 1.90. The highest BCUT2D eigenvalue weighted by Crippen LogP contribution is 2.24. The van der Waals surface area contributed by atoms with Crippen LogP contribution >= 0.6 is 15.9 Å². The van der Waals surface area contributed by atoms with E-state index in [0.29, 0.717) is 10.2 Å². The fraction of sp³-hybridized carbons (Fsp3) is 0.308. The van der Waals surface area contributed by atoms with Crippen LogP contribution in [0.3, 0.4) is 0 Å². The maximum Gasteiger partial charge on any atom is 0.264 e. The summed E-state index contributed by atoms with van der Waals surface area (Å²) in [7, 11) is -3.76. The number of anilines is 1. The number of aromatic nitrogens is 2. The molecule has 8 heteroatoms. The van der Waals surface area contributed by atoms with Crippen molar-refractivity contribution >= 4 is 31.8 Å². The normalized spacial score (nSPS) is 11.9. The Bertz CT molecular complexity index is 741. The highest BCUT2D eigenvalue weighted by atomic mass is 79.9. The van der Waals surface area contributed by atoms with Crippen LogP contribution in [0, 0.1) is 0 Å². The van der Waals surface area contributed by atoms with Crippen LogP contribution in [0.15, 0.2) is 40.0 Å². The van der Waals surface area contributed by atoms with Crippen LogP contribution in [0.2, 0.25) is 0 Å². The summed E-state index contributed by atoms with van der Waals surface area (Å²) in [6.45, 7) is 3.61. The van der Waals surface area contributed by atoms with E-state index in [1.165, 1.54) is 18.5 Å². The predicted molar refractivity (Wildman–Crippen MR) is 83.5 cm³/mol. The van der Waals surface area contributed by atoms with Crippen molar-refractivity contribution in [1.82, 2.24) is 9.55 Å². The van der Waals surface area contributed by atoms with Gasteiger partial charge < -0.3 is 9.67 Å². The van der Waals surface area contributed by atoms with Crippen molar-refractivity contribution in [2.45, 2.75) is 31.4 Å². The van der Waals surface area contributed by atoms with Gasteiger partial charge >= 0.3 is 0 Å². The van der Waals surface area contributed by atoms with Crippen molar-refractivity contribution in [3.63, 3.8) is 0 Å². The Morgan fingerprint density at radius 1 is 1.48 bits per heavy atom. The SMILES string of the molecule is CC(C)n1cc(S(=O)(=O)Nc2ncccc2Br)cc1CO. The molecule has 2 rings (SSSR count). The summed E-state index contributed by atoms with van der Waals surface area (Å²) < 4.78 is 29.5. The minimum atomic E-state index is -3.76. The Balaban J connectivity index is 2.38. The van der Waals surface area contributed by atoms with Crippen LogP contribution in [-0.2, 0) is 16.6 Å². The number of nitrogens with zero attached hydrogens (tertiary/aromatic N) is 2. The van der Waals surface area contributed by atoms with E-state index in [4.69, 9.17) is 0 Å². The second-order valence-corrected chi connectivity index (χ2v) is 7.30. The third-order valence-electron chi connectivity index (χ3n) is 2.92. The number of rotatable bonds is 5. The molecule has 21 heavy (non-hydrogen) atoms. The lowest BCUT2D eigenvalue weighted by molar-refractivity contribution is 0.268. The van der Waals surface area contributed by atoms with Gasteiger partial charge in [-0.05, 0) is 48.0 Å². The van der Waals surface area contributed by atoms with Gasteiger partial charge in [0.25, 0.3) is 10.0 Å². The molecule has 0 atom stereocenters. The molecule has 0 spiro atoms. The molecule has 0 radical (unpaired) electrons. The van der Waals surface area contributed by atoms with E-state index in [2.05, 4.69) is 25.6 Å². The lowest BCUT2D eigenvalue weighted by Gasteiger charge is -2.10. The van der Waals surface area contributed by atoms with Gasteiger partial charge in [0.05, 0.1) is 11.1 Å². The first-order chi connectivity index (χ1) is 9.85. The average molecular weight is 374 g/mol. The molecule has 2 heterocycles. The molecule has 2 N–H and O–H groups in total. The number of halogens is 1. The molecule has 0 aliphatic carbocycles. The smallest absolute Gasteiger partial charge is 0.264 e. The Morgan fingerprint density at radius 3 is 2.71 bits per heavy atom. The highest BCUT2D eigenvalue weighted by Gasteiger charge is 2.20. The lowest BCUT2D eigenvalue weighted by atomic mass is 10.3. The molecule has 0 aliphatic rings. The van der Waals surface area contributed by atoms with E-state index < -0.39 is 10.0 Å². The zero-order valence-electron chi connectivity index (χ0n) is 11.6. The maximum absolute atomic E-state index is 12.4. The van der Waals surface area contributed by atoms with Gasteiger partial charge in [-0.1, -0.05) is 0 Å². The van der Waals surface area contributed by atoms with E-state index in [1.807, 2.05) is 13.8 Å². The number of sulfonamides is 1. The van der Waals surface area contributed by atoms with Crippen molar-refractivity contribution in [1.29, 1.82) is 0 Å². The summed E-state index contributed by atoms with van der Waals surface area (Å²) in [6, 6.07) is 4.90. The second-order valence-electron chi connectivity index (χ2n) is 4.77. The maximum atomic E-state index is 12.4. The summed E-state index contributed by atoms with van der Waals surface area (Å²) >= 11 is 3.24. The Morgan fingerprint density at radius 2 is 2.19 bits per heavy atom. The summed E-state index contributed by atoms with van der Waals surface area (Å²) in [5, 5.41) is 9.32. The Kier molecular flexibility index (Phi) is 4.70. The molecule has 0 unspecified atom stereocenters. The molecule has 0 fully saturated rings. The second kappa shape index (κ2) is 6.17. The first kappa shape index (κ1) is 16.0. The first-order valence-electron chi connectivity index (χ1n) is 6.30. The van der Waals surface area contributed by atoms with E-state index in [-0.39, 0.29) is 23.4 Å². The lowest BCUT2D eigenvalue weighted by Crippen LogP contribution is -2.13. The van der Waals surface area contributed by atoms with E-state index >= 15 is 0 Å². The standard InChI is InChI=1S/C13H16BrN3O3S/c1-9(2)17-7-11(6-10(17)8-18)21(19,20)16-13-12(14)4-3-5-15-13/h3-7,9,18H,8H2,1-2H3,(H,15,16). The van der Waals surface area contributed by atoms with Crippen LogP contribution in [0.1, 0.15) is 25.6 Å². The van der Waals surface area contributed by atoms with Crippen molar-refractivity contribution in [2.75, 3.05) is 4.72 Å². The third-order valence-corrected chi connectivity index (χ3v) is 4.87. The summed E-state index contributed by atoms with van der Waals surface area (Å²) in [5.41, 5.74) is 0.547. The zero-order valence-corrected chi connectivity index (χ0v) is 14.0. The molecule has 0 saturated heterocycles. The topological polar surface area (TPSA) is 84.2 Å². The number of hydrogen-bond acceptors (Lipinski definition) is 4. The van der Waals surface area contributed by atoms with Crippen LogP contribution in [0.4, 0.5) is 5.82 Å². The zero-order chi connectivity index (χ0) is 15.6. The molecule has 0 aliphatic heterocycles.